The van der Waals surface area contributed by atoms with Gasteiger partial charge in [-0.3, -0.25) is 23.8 Å². The number of amides is 1. The summed E-state index contributed by atoms with van der Waals surface area (Å²) < 4.78 is 3.35. The number of halogens is 1. The standard InChI is InChI=1S/C31H26ClN7O2/c1-18-4-3-5-28(27-12-20(8-9-34-27)23-7-6-19(15-33)10-26(23)37-31(18)41)39-17-35-25(14-29(39)40)24-13-22(32)11-21-16-36-38(2)30(21)24/h6-14,16-18,28H,3-5H2,1-2H3,(H,37,41). The van der Waals surface area contributed by atoms with Crippen LogP contribution >= 0.6 is 11.6 Å². The maximum atomic E-state index is 13.7. The summed E-state index contributed by atoms with van der Waals surface area (Å²) in [5.74, 6) is -0.375. The number of nitrogens with zero attached hydrogens (tertiary/aromatic N) is 6. The third-order valence-corrected chi connectivity index (χ3v) is 7.87. The van der Waals surface area contributed by atoms with Crippen molar-refractivity contribution < 1.29 is 4.79 Å². The van der Waals surface area contributed by atoms with Crippen LogP contribution in [0.1, 0.15) is 43.5 Å². The molecule has 2 bridgehead atoms. The number of aryl methyl sites for hydroxylation is 1. The van der Waals surface area contributed by atoms with Crippen molar-refractivity contribution in [3.05, 3.63) is 93.9 Å². The van der Waals surface area contributed by atoms with Crippen LogP contribution in [-0.2, 0) is 11.8 Å². The molecule has 204 valence electrons. The fourth-order valence-corrected chi connectivity index (χ4v) is 5.70. The van der Waals surface area contributed by atoms with Crippen molar-refractivity contribution in [3.8, 4) is 28.5 Å². The van der Waals surface area contributed by atoms with Gasteiger partial charge < -0.3 is 5.32 Å². The van der Waals surface area contributed by atoms with E-state index < -0.39 is 6.04 Å². The second-order valence-electron chi connectivity index (χ2n) is 10.4. The van der Waals surface area contributed by atoms with Gasteiger partial charge in [-0.2, -0.15) is 10.4 Å². The molecule has 10 heteroatoms. The smallest absolute Gasteiger partial charge is 0.254 e. The fourth-order valence-electron chi connectivity index (χ4n) is 5.47. The molecule has 1 aliphatic rings. The van der Waals surface area contributed by atoms with Crippen LogP contribution in [0, 0.1) is 17.2 Å². The Hall–Kier alpha value is -4.81. The first-order valence-electron chi connectivity index (χ1n) is 13.3. The number of carbonyl (C=O) groups excluding carboxylic acids is 1. The number of rotatable bonds is 2. The molecule has 41 heavy (non-hydrogen) atoms. The van der Waals surface area contributed by atoms with E-state index in [-0.39, 0.29) is 17.4 Å². The van der Waals surface area contributed by atoms with Gasteiger partial charge in [0, 0.05) is 52.5 Å². The van der Waals surface area contributed by atoms with Crippen LogP contribution in [0.2, 0.25) is 5.02 Å². The molecule has 3 aromatic heterocycles. The fraction of sp³-hybridized carbons (Fsp3) is 0.226. The van der Waals surface area contributed by atoms with Crippen molar-refractivity contribution >= 4 is 34.1 Å². The quantitative estimate of drug-likeness (QED) is 0.293. The number of nitrogens with one attached hydrogen (secondary N) is 1. The summed E-state index contributed by atoms with van der Waals surface area (Å²) in [5, 5.41) is 18.2. The Morgan fingerprint density at radius 3 is 2.71 bits per heavy atom. The van der Waals surface area contributed by atoms with Crippen LogP contribution in [-0.4, -0.2) is 30.2 Å². The van der Waals surface area contributed by atoms with Crippen molar-refractivity contribution in [3.63, 3.8) is 0 Å². The molecule has 0 aliphatic carbocycles. The molecular formula is C31H26ClN7O2. The average molecular weight is 564 g/mol. The summed E-state index contributed by atoms with van der Waals surface area (Å²) in [6, 6.07) is 15.9. The van der Waals surface area contributed by atoms with Crippen LogP contribution in [0.4, 0.5) is 5.69 Å². The zero-order valence-corrected chi connectivity index (χ0v) is 23.3. The number of aromatic nitrogens is 5. The Morgan fingerprint density at radius 1 is 1.05 bits per heavy atom. The Kier molecular flexibility index (Phi) is 6.85. The van der Waals surface area contributed by atoms with Gasteiger partial charge in [-0.05, 0) is 54.8 Å². The molecule has 1 amide bonds. The Labute approximate surface area is 241 Å². The van der Waals surface area contributed by atoms with Gasteiger partial charge in [-0.25, -0.2) is 4.98 Å². The lowest BCUT2D eigenvalue weighted by Gasteiger charge is -2.23. The monoisotopic (exact) mass is 563 g/mol. The molecule has 0 fully saturated rings. The van der Waals surface area contributed by atoms with Crippen molar-refractivity contribution in [1.29, 1.82) is 5.26 Å². The molecule has 9 nitrogen and oxygen atoms in total. The van der Waals surface area contributed by atoms with E-state index in [2.05, 4.69) is 26.5 Å². The lowest BCUT2D eigenvalue weighted by atomic mass is 9.95. The van der Waals surface area contributed by atoms with E-state index in [9.17, 15) is 14.9 Å². The van der Waals surface area contributed by atoms with Gasteiger partial charge >= 0.3 is 0 Å². The number of anilines is 1. The molecule has 0 saturated carbocycles. The van der Waals surface area contributed by atoms with Crippen molar-refractivity contribution in [1.82, 2.24) is 24.3 Å². The van der Waals surface area contributed by atoms with Crippen molar-refractivity contribution in [2.24, 2.45) is 13.0 Å². The summed E-state index contributed by atoms with van der Waals surface area (Å²) in [6.07, 6.45) is 6.90. The van der Waals surface area contributed by atoms with E-state index in [1.807, 2.05) is 38.2 Å². The third kappa shape index (κ3) is 4.98. The second kappa shape index (κ2) is 10.6. The molecule has 0 saturated heterocycles. The molecule has 5 aromatic rings. The van der Waals surface area contributed by atoms with E-state index in [1.165, 1.54) is 6.07 Å². The van der Waals surface area contributed by atoms with Gasteiger partial charge in [0.05, 0.1) is 47.1 Å². The van der Waals surface area contributed by atoms with E-state index >= 15 is 0 Å². The minimum Gasteiger partial charge on any atom is -0.325 e. The maximum Gasteiger partial charge on any atom is 0.254 e. The summed E-state index contributed by atoms with van der Waals surface area (Å²) in [4.78, 5) is 36.0. The number of benzene rings is 2. The van der Waals surface area contributed by atoms with Gasteiger partial charge in [0.2, 0.25) is 5.91 Å². The largest absolute Gasteiger partial charge is 0.325 e. The SMILES string of the molecule is CC1CCCC(n2cnc(-c3cc(Cl)cc4cnn(C)c34)cc2=O)c2cc(ccn2)-c2ccc(C#N)cc2NC1=O. The zero-order valence-electron chi connectivity index (χ0n) is 22.5. The molecule has 2 atom stereocenters. The minimum atomic E-state index is -0.392. The normalized spacial score (nSPS) is 17.2. The van der Waals surface area contributed by atoms with E-state index in [0.717, 1.165) is 27.6 Å². The maximum absolute atomic E-state index is 13.7. The number of fused-ring (bicyclic) bond motifs is 5. The lowest BCUT2D eigenvalue weighted by molar-refractivity contribution is -0.119. The Balaban J connectivity index is 1.46. The zero-order chi connectivity index (χ0) is 28.7. The molecule has 6 rings (SSSR count). The van der Waals surface area contributed by atoms with Crippen molar-refractivity contribution in [2.45, 2.75) is 32.2 Å². The number of nitriles is 1. The third-order valence-electron chi connectivity index (χ3n) is 7.65. The average Bonchev–Trinajstić information content (AvgIpc) is 3.34. The Morgan fingerprint density at radius 2 is 1.90 bits per heavy atom. The number of hydrogen-bond donors (Lipinski definition) is 1. The van der Waals surface area contributed by atoms with Crippen LogP contribution in [0.5, 0.6) is 0 Å². The lowest BCUT2D eigenvalue weighted by Crippen LogP contribution is -2.27. The summed E-state index contributed by atoms with van der Waals surface area (Å²) in [7, 11) is 1.84. The molecular weight excluding hydrogens is 538 g/mol. The van der Waals surface area contributed by atoms with Crippen LogP contribution in [0.15, 0.2) is 72.0 Å². The Bertz CT molecular complexity index is 1920. The first kappa shape index (κ1) is 26.4. The molecule has 4 heterocycles. The molecule has 0 spiro atoms. The van der Waals surface area contributed by atoms with Crippen LogP contribution in [0.3, 0.4) is 0 Å². The highest BCUT2D eigenvalue weighted by Crippen LogP contribution is 2.34. The molecule has 2 aromatic carbocycles. The number of pyridine rings is 1. The summed E-state index contributed by atoms with van der Waals surface area (Å²) in [5.41, 5.74) is 5.18. The highest BCUT2D eigenvalue weighted by molar-refractivity contribution is 6.31. The summed E-state index contributed by atoms with van der Waals surface area (Å²) in [6.45, 7) is 1.88. The number of carbonyl (C=O) groups is 1. The topological polar surface area (TPSA) is 118 Å². The molecule has 1 aliphatic heterocycles. The predicted molar refractivity (Wildman–Crippen MR) is 157 cm³/mol. The van der Waals surface area contributed by atoms with Crippen LogP contribution < -0.4 is 10.9 Å². The van der Waals surface area contributed by atoms with Crippen LogP contribution in [0.25, 0.3) is 33.3 Å². The minimum absolute atomic E-state index is 0.112. The first-order chi connectivity index (χ1) is 19.8. The molecule has 2 unspecified atom stereocenters. The van der Waals surface area contributed by atoms with Gasteiger partial charge in [-0.15, -0.1) is 0 Å². The predicted octanol–water partition coefficient (Wildman–Crippen LogP) is 5.73. The first-order valence-corrected chi connectivity index (χ1v) is 13.7. The van der Waals surface area contributed by atoms with E-state index in [1.54, 1.807) is 46.2 Å². The van der Waals surface area contributed by atoms with E-state index in [0.29, 0.717) is 46.9 Å². The van der Waals surface area contributed by atoms with Crippen molar-refractivity contribution in [2.75, 3.05) is 5.32 Å². The van der Waals surface area contributed by atoms with E-state index in [4.69, 9.17) is 11.6 Å². The van der Waals surface area contributed by atoms with Gasteiger partial charge in [0.25, 0.3) is 5.56 Å². The number of hydrogen-bond acceptors (Lipinski definition) is 6. The molecule has 0 radical (unpaired) electrons. The highest BCUT2D eigenvalue weighted by atomic mass is 35.5. The highest BCUT2D eigenvalue weighted by Gasteiger charge is 2.23. The second-order valence-corrected chi connectivity index (χ2v) is 10.8. The van der Waals surface area contributed by atoms with Gasteiger partial charge in [0.15, 0.2) is 0 Å². The van der Waals surface area contributed by atoms with Gasteiger partial charge in [0.1, 0.15) is 0 Å². The van der Waals surface area contributed by atoms with Gasteiger partial charge in [-0.1, -0.05) is 31.0 Å². The summed E-state index contributed by atoms with van der Waals surface area (Å²) >= 11 is 6.37. The molecule has 1 N–H and O–H groups in total.